The molecular formula is C21H30N4O3. The van der Waals surface area contributed by atoms with Crippen LogP contribution in [-0.2, 0) is 20.9 Å². The molecule has 2 saturated heterocycles. The van der Waals surface area contributed by atoms with Crippen molar-refractivity contribution in [2.24, 2.45) is 0 Å². The fourth-order valence-corrected chi connectivity index (χ4v) is 3.83. The summed E-state index contributed by atoms with van der Waals surface area (Å²) in [6.07, 6.45) is 1.50. The molecule has 0 aromatic heterocycles. The van der Waals surface area contributed by atoms with Crippen LogP contribution >= 0.6 is 0 Å². The molecule has 0 spiro atoms. The van der Waals surface area contributed by atoms with Crippen LogP contribution in [0, 0.1) is 0 Å². The van der Waals surface area contributed by atoms with Crippen LogP contribution in [0.15, 0.2) is 30.3 Å². The van der Waals surface area contributed by atoms with E-state index in [4.69, 9.17) is 0 Å². The van der Waals surface area contributed by atoms with E-state index in [9.17, 15) is 14.4 Å². The molecule has 28 heavy (non-hydrogen) atoms. The Balaban J connectivity index is 1.55. The monoisotopic (exact) mass is 386 g/mol. The third kappa shape index (κ3) is 4.90. The van der Waals surface area contributed by atoms with Gasteiger partial charge in [-0.2, -0.15) is 0 Å². The van der Waals surface area contributed by atoms with Crippen molar-refractivity contribution >= 4 is 17.7 Å². The number of carbonyl (C=O) groups excluding carboxylic acids is 3. The van der Waals surface area contributed by atoms with E-state index < -0.39 is 0 Å². The summed E-state index contributed by atoms with van der Waals surface area (Å²) in [7, 11) is 3.90. The fourth-order valence-electron chi connectivity index (χ4n) is 3.83. The zero-order valence-corrected chi connectivity index (χ0v) is 16.8. The minimum atomic E-state index is -0.385. The van der Waals surface area contributed by atoms with Crippen molar-refractivity contribution in [1.82, 2.24) is 19.6 Å². The van der Waals surface area contributed by atoms with Gasteiger partial charge in [0, 0.05) is 52.1 Å². The van der Waals surface area contributed by atoms with E-state index in [0.29, 0.717) is 52.0 Å². The summed E-state index contributed by atoms with van der Waals surface area (Å²) in [5.74, 6) is 0.199. The van der Waals surface area contributed by atoms with E-state index in [1.54, 1.807) is 4.90 Å². The van der Waals surface area contributed by atoms with E-state index in [1.165, 1.54) is 0 Å². The smallest absolute Gasteiger partial charge is 0.245 e. The van der Waals surface area contributed by atoms with Gasteiger partial charge in [0.15, 0.2) is 0 Å². The highest BCUT2D eigenvalue weighted by molar-refractivity contribution is 5.91. The predicted octanol–water partition coefficient (Wildman–Crippen LogP) is 0.800. The summed E-state index contributed by atoms with van der Waals surface area (Å²) in [5, 5.41) is 0. The number of hydrogen-bond acceptors (Lipinski definition) is 4. The molecule has 1 unspecified atom stereocenters. The van der Waals surface area contributed by atoms with Gasteiger partial charge in [-0.25, -0.2) is 0 Å². The minimum absolute atomic E-state index is 0.0159. The fraction of sp³-hybridized carbons (Fsp3) is 0.571. The van der Waals surface area contributed by atoms with Gasteiger partial charge in [0.2, 0.25) is 17.7 Å². The number of amides is 3. The molecule has 1 aromatic carbocycles. The maximum atomic E-state index is 13.1. The summed E-state index contributed by atoms with van der Waals surface area (Å²) < 4.78 is 0. The van der Waals surface area contributed by atoms with Gasteiger partial charge in [0.05, 0.1) is 0 Å². The normalized spacial score (nSPS) is 20.2. The molecule has 0 N–H and O–H groups in total. The van der Waals surface area contributed by atoms with Crippen molar-refractivity contribution in [1.29, 1.82) is 0 Å². The molecule has 2 aliphatic rings. The van der Waals surface area contributed by atoms with Crippen molar-refractivity contribution in [3.05, 3.63) is 35.9 Å². The standard InChI is InChI=1S/C21H30N4O3/c1-22(2)11-10-19(26)23-12-14-24(15-13-23)21(28)18-8-9-20(27)25(18)16-17-6-4-3-5-7-17/h3-7,18H,8-16H2,1-2H3. The number of likely N-dealkylation sites (tertiary alicyclic amines) is 1. The van der Waals surface area contributed by atoms with Crippen molar-refractivity contribution in [3.8, 4) is 0 Å². The first-order valence-corrected chi connectivity index (χ1v) is 10.0. The molecular weight excluding hydrogens is 356 g/mol. The van der Waals surface area contributed by atoms with Crippen molar-refractivity contribution < 1.29 is 14.4 Å². The highest BCUT2D eigenvalue weighted by atomic mass is 16.2. The molecule has 7 nitrogen and oxygen atoms in total. The molecule has 2 heterocycles. The number of piperazine rings is 1. The molecule has 3 rings (SSSR count). The van der Waals surface area contributed by atoms with Crippen LogP contribution in [0.2, 0.25) is 0 Å². The maximum absolute atomic E-state index is 13.1. The van der Waals surface area contributed by atoms with Gasteiger partial charge < -0.3 is 19.6 Å². The average Bonchev–Trinajstić information content (AvgIpc) is 3.06. The molecule has 1 atom stereocenters. The largest absolute Gasteiger partial charge is 0.339 e. The molecule has 7 heteroatoms. The van der Waals surface area contributed by atoms with Gasteiger partial charge >= 0.3 is 0 Å². The number of carbonyl (C=O) groups is 3. The Morgan fingerprint density at radius 1 is 1.04 bits per heavy atom. The van der Waals surface area contributed by atoms with Crippen LogP contribution in [0.25, 0.3) is 0 Å². The predicted molar refractivity (Wildman–Crippen MR) is 106 cm³/mol. The Labute approximate surface area is 166 Å². The van der Waals surface area contributed by atoms with Crippen LogP contribution in [0.1, 0.15) is 24.8 Å². The van der Waals surface area contributed by atoms with Gasteiger partial charge in [-0.05, 0) is 26.1 Å². The Morgan fingerprint density at radius 3 is 2.32 bits per heavy atom. The lowest BCUT2D eigenvalue weighted by Gasteiger charge is -2.37. The highest BCUT2D eigenvalue weighted by Gasteiger charge is 2.39. The molecule has 0 aliphatic carbocycles. The third-order valence-electron chi connectivity index (χ3n) is 5.53. The van der Waals surface area contributed by atoms with E-state index >= 15 is 0 Å². The molecule has 1 aromatic rings. The number of benzene rings is 1. The first-order chi connectivity index (χ1) is 13.5. The summed E-state index contributed by atoms with van der Waals surface area (Å²) in [5.41, 5.74) is 1.03. The summed E-state index contributed by atoms with van der Waals surface area (Å²) in [4.78, 5) is 45.0. The Kier molecular flexibility index (Phi) is 6.67. The third-order valence-corrected chi connectivity index (χ3v) is 5.53. The second-order valence-electron chi connectivity index (χ2n) is 7.82. The lowest BCUT2D eigenvalue weighted by atomic mass is 10.1. The molecule has 0 bridgehead atoms. The van der Waals surface area contributed by atoms with Crippen molar-refractivity contribution in [2.45, 2.75) is 31.8 Å². The van der Waals surface area contributed by atoms with E-state index in [-0.39, 0.29) is 23.8 Å². The highest BCUT2D eigenvalue weighted by Crippen LogP contribution is 2.24. The average molecular weight is 386 g/mol. The molecule has 2 fully saturated rings. The molecule has 0 radical (unpaired) electrons. The topological polar surface area (TPSA) is 64.2 Å². The Morgan fingerprint density at radius 2 is 1.68 bits per heavy atom. The zero-order valence-electron chi connectivity index (χ0n) is 16.8. The summed E-state index contributed by atoms with van der Waals surface area (Å²) in [6.45, 7) is 3.41. The Bertz CT molecular complexity index is 699. The summed E-state index contributed by atoms with van der Waals surface area (Å²) >= 11 is 0. The molecule has 0 saturated carbocycles. The second-order valence-corrected chi connectivity index (χ2v) is 7.82. The van der Waals surface area contributed by atoms with Gasteiger partial charge in [-0.3, -0.25) is 14.4 Å². The number of nitrogens with zero attached hydrogens (tertiary/aromatic N) is 4. The maximum Gasteiger partial charge on any atom is 0.245 e. The van der Waals surface area contributed by atoms with Crippen molar-refractivity contribution in [3.63, 3.8) is 0 Å². The van der Waals surface area contributed by atoms with Crippen molar-refractivity contribution in [2.75, 3.05) is 46.8 Å². The number of hydrogen-bond donors (Lipinski definition) is 0. The first kappa shape index (κ1) is 20.3. The quantitative estimate of drug-likeness (QED) is 0.726. The second kappa shape index (κ2) is 9.19. The van der Waals surface area contributed by atoms with E-state index in [0.717, 1.165) is 12.1 Å². The first-order valence-electron chi connectivity index (χ1n) is 10.0. The minimum Gasteiger partial charge on any atom is -0.339 e. The Hall–Kier alpha value is -2.41. The SMILES string of the molecule is CN(C)CCC(=O)N1CCN(C(=O)C2CCC(=O)N2Cc2ccccc2)CC1. The molecule has 152 valence electrons. The molecule has 3 amide bonds. The van der Waals surface area contributed by atoms with Crippen LogP contribution in [0.5, 0.6) is 0 Å². The van der Waals surface area contributed by atoms with Gasteiger partial charge in [-0.15, -0.1) is 0 Å². The van der Waals surface area contributed by atoms with E-state index in [2.05, 4.69) is 0 Å². The van der Waals surface area contributed by atoms with Gasteiger partial charge in [-0.1, -0.05) is 30.3 Å². The zero-order chi connectivity index (χ0) is 20.1. The van der Waals surface area contributed by atoms with Gasteiger partial charge in [0.25, 0.3) is 0 Å². The lowest BCUT2D eigenvalue weighted by Crippen LogP contribution is -2.55. The van der Waals surface area contributed by atoms with Gasteiger partial charge in [0.1, 0.15) is 6.04 Å². The van der Waals surface area contributed by atoms with Crippen LogP contribution in [0.3, 0.4) is 0 Å². The van der Waals surface area contributed by atoms with E-state index in [1.807, 2.05) is 59.1 Å². The van der Waals surface area contributed by atoms with Crippen LogP contribution < -0.4 is 0 Å². The van der Waals surface area contributed by atoms with Crippen LogP contribution in [0.4, 0.5) is 0 Å². The molecule has 2 aliphatic heterocycles. The van der Waals surface area contributed by atoms with Crippen LogP contribution in [-0.4, -0.2) is 90.2 Å². The summed E-state index contributed by atoms with van der Waals surface area (Å²) in [6, 6.07) is 9.40. The lowest BCUT2D eigenvalue weighted by molar-refractivity contribution is -0.145. The number of rotatable bonds is 6.